The highest BCUT2D eigenvalue weighted by atomic mass is 19.1. The molecule has 0 N–H and O–H groups in total. The van der Waals surface area contributed by atoms with Gasteiger partial charge in [-0.05, 0) is 62.6 Å². The van der Waals surface area contributed by atoms with Crippen LogP contribution in [-0.2, 0) is 6.54 Å². The monoisotopic (exact) mass is 411 g/mol. The summed E-state index contributed by atoms with van der Waals surface area (Å²) in [6.45, 7) is 4.79. The Morgan fingerprint density at radius 1 is 1.17 bits per heavy atom. The van der Waals surface area contributed by atoms with Gasteiger partial charge in [0.05, 0.1) is 18.4 Å². The molecule has 0 radical (unpaired) electrons. The zero-order valence-corrected chi connectivity index (χ0v) is 17.6. The fourth-order valence-corrected chi connectivity index (χ4v) is 4.81. The van der Waals surface area contributed by atoms with Gasteiger partial charge in [-0.2, -0.15) is 0 Å². The van der Waals surface area contributed by atoms with Gasteiger partial charge in [-0.15, -0.1) is 0 Å². The number of ketones is 1. The van der Waals surface area contributed by atoms with Crippen molar-refractivity contribution in [1.82, 2.24) is 14.8 Å². The molecule has 5 nitrogen and oxygen atoms in total. The average molecular weight is 412 g/mol. The van der Waals surface area contributed by atoms with Crippen molar-refractivity contribution in [1.29, 1.82) is 0 Å². The second kappa shape index (κ2) is 9.67. The number of likely N-dealkylation sites (tertiary alicyclic amines) is 2. The summed E-state index contributed by atoms with van der Waals surface area (Å²) in [4.78, 5) is 22.5. The van der Waals surface area contributed by atoms with E-state index in [4.69, 9.17) is 4.74 Å². The van der Waals surface area contributed by atoms with Gasteiger partial charge in [0.1, 0.15) is 11.6 Å². The standard InChI is InChI=1S/C24H30FN3O2/c1-30-23-8-7-19(25)15-22(23)24(29)18-5-4-12-28(16-18)21-9-13-27(14-10-21)17-20-6-2-3-11-26-20/h2-3,6-8,11,15,18,21H,4-5,9-10,12-14,16-17H2,1H3/t18-/m0/s1. The number of carbonyl (C=O) groups excluding carboxylic acids is 1. The Bertz CT molecular complexity index is 853. The van der Waals surface area contributed by atoms with Crippen LogP contribution >= 0.6 is 0 Å². The third kappa shape index (κ3) is 4.87. The summed E-state index contributed by atoms with van der Waals surface area (Å²) in [5.41, 5.74) is 1.48. The van der Waals surface area contributed by atoms with E-state index >= 15 is 0 Å². The van der Waals surface area contributed by atoms with Crippen LogP contribution in [0.3, 0.4) is 0 Å². The number of rotatable bonds is 6. The zero-order valence-electron chi connectivity index (χ0n) is 17.6. The fourth-order valence-electron chi connectivity index (χ4n) is 4.81. The second-order valence-corrected chi connectivity index (χ2v) is 8.37. The van der Waals surface area contributed by atoms with Gasteiger partial charge in [0, 0.05) is 44.3 Å². The Kier molecular flexibility index (Phi) is 6.75. The van der Waals surface area contributed by atoms with Gasteiger partial charge in [-0.1, -0.05) is 6.07 Å². The molecular formula is C24H30FN3O2. The summed E-state index contributed by atoms with van der Waals surface area (Å²) in [5, 5.41) is 0. The molecule has 0 aliphatic carbocycles. The number of pyridine rings is 1. The maximum Gasteiger partial charge on any atom is 0.171 e. The largest absolute Gasteiger partial charge is 0.496 e. The Hall–Kier alpha value is -2.31. The first-order valence-corrected chi connectivity index (χ1v) is 10.9. The summed E-state index contributed by atoms with van der Waals surface area (Å²) < 4.78 is 19.0. The summed E-state index contributed by atoms with van der Waals surface area (Å²) in [7, 11) is 1.52. The van der Waals surface area contributed by atoms with Crippen LogP contribution in [0.5, 0.6) is 5.75 Å². The van der Waals surface area contributed by atoms with Gasteiger partial charge in [0.2, 0.25) is 0 Å². The van der Waals surface area contributed by atoms with E-state index in [2.05, 4.69) is 20.9 Å². The molecule has 0 spiro atoms. The van der Waals surface area contributed by atoms with E-state index in [1.54, 1.807) is 6.07 Å². The van der Waals surface area contributed by atoms with Crippen molar-refractivity contribution in [2.24, 2.45) is 5.92 Å². The number of hydrogen-bond donors (Lipinski definition) is 0. The van der Waals surface area contributed by atoms with E-state index in [1.165, 1.54) is 19.2 Å². The third-order valence-corrected chi connectivity index (χ3v) is 6.44. The molecule has 2 saturated heterocycles. The van der Waals surface area contributed by atoms with E-state index in [1.807, 2.05) is 18.3 Å². The van der Waals surface area contributed by atoms with Gasteiger partial charge in [-0.25, -0.2) is 4.39 Å². The number of nitrogens with zero attached hydrogens (tertiary/aromatic N) is 3. The lowest BCUT2D eigenvalue weighted by Gasteiger charge is -2.42. The molecule has 0 unspecified atom stereocenters. The van der Waals surface area contributed by atoms with Crippen LogP contribution in [0, 0.1) is 11.7 Å². The second-order valence-electron chi connectivity index (χ2n) is 8.37. The molecule has 4 rings (SSSR count). The van der Waals surface area contributed by atoms with E-state index < -0.39 is 5.82 Å². The summed E-state index contributed by atoms with van der Waals surface area (Å²) in [6, 6.07) is 10.8. The molecule has 0 saturated carbocycles. The third-order valence-electron chi connectivity index (χ3n) is 6.44. The van der Waals surface area contributed by atoms with Crippen LogP contribution in [0.4, 0.5) is 4.39 Å². The summed E-state index contributed by atoms with van der Waals surface area (Å²) >= 11 is 0. The maximum atomic E-state index is 13.7. The first kappa shape index (κ1) is 20.9. The fraction of sp³-hybridized carbons (Fsp3) is 0.500. The predicted octanol–water partition coefficient (Wildman–Crippen LogP) is 3.79. The minimum atomic E-state index is -0.396. The van der Waals surface area contributed by atoms with Crippen LogP contribution in [0.15, 0.2) is 42.6 Å². The molecule has 2 aromatic rings. The van der Waals surface area contributed by atoms with Crippen molar-refractivity contribution < 1.29 is 13.9 Å². The maximum absolute atomic E-state index is 13.7. The van der Waals surface area contributed by atoms with E-state index in [0.717, 1.165) is 64.1 Å². The Labute approximate surface area is 177 Å². The van der Waals surface area contributed by atoms with Crippen molar-refractivity contribution in [2.75, 3.05) is 33.3 Å². The average Bonchev–Trinajstić information content (AvgIpc) is 2.80. The van der Waals surface area contributed by atoms with Crippen LogP contribution < -0.4 is 4.74 Å². The number of benzene rings is 1. The molecule has 1 aromatic heterocycles. The van der Waals surface area contributed by atoms with Crippen molar-refractivity contribution in [2.45, 2.75) is 38.3 Å². The minimum absolute atomic E-state index is 0.00337. The predicted molar refractivity (Wildman–Crippen MR) is 114 cm³/mol. The number of piperidine rings is 2. The Morgan fingerprint density at radius 2 is 2.00 bits per heavy atom. The topological polar surface area (TPSA) is 45.7 Å². The molecule has 160 valence electrons. The first-order valence-electron chi connectivity index (χ1n) is 10.9. The number of hydrogen-bond acceptors (Lipinski definition) is 5. The summed E-state index contributed by atoms with van der Waals surface area (Å²) in [6.07, 6.45) is 5.92. The highest BCUT2D eigenvalue weighted by Gasteiger charge is 2.33. The molecule has 1 aromatic carbocycles. The van der Waals surface area contributed by atoms with E-state index in [-0.39, 0.29) is 11.7 Å². The smallest absolute Gasteiger partial charge is 0.171 e. The number of aromatic nitrogens is 1. The normalized spacial score (nSPS) is 21.5. The lowest BCUT2D eigenvalue weighted by atomic mass is 9.88. The molecule has 1 atom stereocenters. The van der Waals surface area contributed by atoms with E-state index in [0.29, 0.717) is 17.4 Å². The molecule has 2 aliphatic rings. The van der Waals surface area contributed by atoms with Crippen molar-refractivity contribution >= 4 is 5.78 Å². The van der Waals surface area contributed by atoms with Crippen molar-refractivity contribution in [3.63, 3.8) is 0 Å². The highest BCUT2D eigenvalue weighted by molar-refractivity contribution is 6.00. The van der Waals surface area contributed by atoms with Crippen LogP contribution in [-0.4, -0.2) is 59.9 Å². The van der Waals surface area contributed by atoms with Crippen LogP contribution in [0.1, 0.15) is 41.7 Å². The van der Waals surface area contributed by atoms with Crippen LogP contribution in [0.25, 0.3) is 0 Å². The lowest BCUT2D eigenvalue weighted by Crippen LogP contribution is -2.49. The van der Waals surface area contributed by atoms with E-state index in [9.17, 15) is 9.18 Å². The molecular weight excluding hydrogens is 381 g/mol. The van der Waals surface area contributed by atoms with Gasteiger partial charge in [0.15, 0.2) is 5.78 Å². The van der Waals surface area contributed by atoms with Gasteiger partial charge < -0.3 is 4.74 Å². The molecule has 0 amide bonds. The Balaban J connectivity index is 1.34. The molecule has 2 fully saturated rings. The molecule has 6 heteroatoms. The lowest BCUT2D eigenvalue weighted by molar-refractivity contribution is 0.0581. The van der Waals surface area contributed by atoms with Crippen molar-refractivity contribution in [3.05, 3.63) is 59.7 Å². The Morgan fingerprint density at radius 3 is 2.73 bits per heavy atom. The highest BCUT2D eigenvalue weighted by Crippen LogP contribution is 2.29. The molecule has 3 heterocycles. The van der Waals surface area contributed by atoms with Gasteiger partial charge >= 0.3 is 0 Å². The molecule has 30 heavy (non-hydrogen) atoms. The van der Waals surface area contributed by atoms with Gasteiger partial charge in [0.25, 0.3) is 0 Å². The number of carbonyl (C=O) groups is 1. The van der Waals surface area contributed by atoms with Crippen molar-refractivity contribution in [3.8, 4) is 5.75 Å². The summed E-state index contributed by atoms with van der Waals surface area (Å²) in [5.74, 6) is -0.0296. The van der Waals surface area contributed by atoms with Crippen LogP contribution in [0.2, 0.25) is 0 Å². The number of Topliss-reactive ketones (excluding diaryl/α,β-unsaturated/α-hetero) is 1. The van der Waals surface area contributed by atoms with Gasteiger partial charge in [-0.3, -0.25) is 19.6 Å². The molecule has 2 aliphatic heterocycles. The first-order chi connectivity index (χ1) is 14.6. The number of ether oxygens (including phenoxy) is 1. The SMILES string of the molecule is COc1ccc(F)cc1C(=O)[C@H]1CCCN(C2CCN(Cc3ccccn3)CC2)C1. The minimum Gasteiger partial charge on any atom is -0.496 e. The zero-order chi connectivity index (χ0) is 20.9. The number of halogens is 1. The molecule has 0 bridgehead atoms. The quantitative estimate of drug-likeness (QED) is 0.677. The number of methoxy groups -OCH3 is 1.